The molecule has 288 valence electrons. The number of imide groups is 3. The Morgan fingerprint density at radius 2 is 0.907 bits per heavy atom. The van der Waals surface area contributed by atoms with E-state index in [9.17, 15) is 49.2 Å². The number of phenolic OH excluding ortho intramolecular Hbond substituents is 6. The normalized spacial score (nSPS) is 19.6. The van der Waals surface area contributed by atoms with E-state index in [1.165, 1.54) is 55.6 Å². The molecule has 3 unspecified atom stereocenters. The molecule has 3 fully saturated rings. The SMILES string of the molecule is CCON1C(=O)CC(Cc2ccc(O)cc2O)C1=O.CON1C(=O)CC(Cc2ccc(O)cc2O)C1=O.O=C1CC(Cc2ccc(O)cc2O)C(=O)N1O. The minimum absolute atomic E-state index is 0.0500. The third-order valence-electron chi connectivity index (χ3n) is 8.66. The second-order valence-electron chi connectivity index (χ2n) is 12.5. The number of rotatable bonds is 9. The Morgan fingerprint density at radius 1 is 0.556 bits per heavy atom. The van der Waals surface area contributed by atoms with Crippen molar-refractivity contribution in [2.75, 3.05) is 13.7 Å². The van der Waals surface area contributed by atoms with Gasteiger partial charge in [0.05, 0.1) is 31.5 Å². The molecule has 0 radical (unpaired) electrons. The number of hydrogen-bond donors (Lipinski definition) is 7. The van der Waals surface area contributed by atoms with Gasteiger partial charge in [-0.3, -0.25) is 43.6 Å². The fourth-order valence-electron chi connectivity index (χ4n) is 5.93. The molecule has 0 aromatic heterocycles. The van der Waals surface area contributed by atoms with Crippen LogP contribution in [0.1, 0.15) is 42.9 Å². The first kappa shape index (κ1) is 40.5. The van der Waals surface area contributed by atoms with Crippen LogP contribution < -0.4 is 0 Å². The summed E-state index contributed by atoms with van der Waals surface area (Å²) in [4.78, 5) is 78.9. The van der Waals surface area contributed by atoms with Gasteiger partial charge in [-0.15, -0.1) is 0 Å². The monoisotopic (exact) mass is 753 g/mol. The standard InChI is InChI=1S/C13H15NO5.C12H13NO5.C11H11NO5/c1-2-19-14-12(17)6-9(13(14)18)5-8-3-4-10(15)7-11(8)16;1-18-13-11(16)5-8(12(13)17)4-7-2-3-9(14)6-10(7)15;13-8-2-1-6(9(14)5-8)3-7-4-10(15)12(17)11(7)16/h3-4,7,9,15-16H,2,5-6H2,1H3;2-3,6,8,14-15H,4-5H2,1H3;1-2,5,7,13-14,17H,3-4H2. The minimum atomic E-state index is -0.664. The maximum atomic E-state index is 11.9. The van der Waals surface area contributed by atoms with Crippen molar-refractivity contribution in [2.24, 2.45) is 17.8 Å². The lowest BCUT2D eigenvalue weighted by atomic mass is 9.97. The van der Waals surface area contributed by atoms with Gasteiger partial charge >= 0.3 is 0 Å². The molecule has 18 nitrogen and oxygen atoms in total. The number of carbonyl (C=O) groups excluding carboxylic acids is 6. The van der Waals surface area contributed by atoms with Crippen molar-refractivity contribution in [3.05, 3.63) is 71.3 Å². The molecule has 0 spiro atoms. The van der Waals surface area contributed by atoms with E-state index in [1.807, 2.05) is 0 Å². The van der Waals surface area contributed by atoms with Crippen LogP contribution in [0.5, 0.6) is 34.5 Å². The van der Waals surface area contributed by atoms with Gasteiger partial charge in [-0.05, 0) is 61.1 Å². The van der Waals surface area contributed by atoms with E-state index in [0.717, 1.165) is 16.2 Å². The predicted octanol–water partition coefficient (Wildman–Crippen LogP) is 1.95. The van der Waals surface area contributed by atoms with E-state index in [2.05, 4.69) is 4.84 Å². The number of nitrogens with zero attached hydrogens (tertiary/aromatic N) is 3. The molecule has 3 aliphatic rings. The van der Waals surface area contributed by atoms with Crippen LogP contribution in [0.2, 0.25) is 0 Å². The Hall–Kier alpha value is -6.24. The molecule has 18 heteroatoms. The molecule has 0 aliphatic carbocycles. The molecule has 6 rings (SSSR count). The maximum absolute atomic E-state index is 11.9. The summed E-state index contributed by atoms with van der Waals surface area (Å²) in [6, 6.07) is 12.3. The average Bonchev–Trinajstić information content (AvgIpc) is 3.64. The number of phenols is 6. The van der Waals surface area contributed by atoms with Gasteiger partial charge in [0.2, 0.25) is 0 Å². The van der Waals surface area contributed by atoms with Crippen LogP contribution >= 0.6 is 0 Å². The molecule has 7 N–H and O–H groups in total. The highest BCUT2D eigenvalue weighted by atomic mass is 16.7. The fraction of sp³-hybridized carbons (Fsp3) is 0.333. The molecule has 3 aromatic rings. The number of amides is 6. The van der Waals surface area contributed by atoms with Gasteiger partial charge in [0, 0.05) is 37.5 Å². The quantitative estimate of drug-likeness (QED) is 0.122. The lowest BCUT2D eigenvalue weighted by Gasteiger charge is -2.13. The van der Waals surface area contributed by atoms with E-state index < -0.39 is 35.5 Å². The van der Waals surface area contributed by atoms with Gasteiger partial charge in [0.25, 0.3) is 35.4 Å². The van der Waals surface area contributed by atoms with Crippen molar-refractivity contribution in [1.29, 1.82) is 0 Å². The van der Waals surface area contributed by atoms with E-state index >= 15 is 0 Å². The second-order valence-corrected chi connectivity index (χ2v) is 12.5. The summed E-state index contributed by atoms with van der Waals surface area (Å²) in [6.07, 6.45) is 0.673. The number of hydroxylamine groups is 6. The zero-order valence-corrected chi connectivity index (χ0v) is 29.1. The van der Waals surface area contributed by atoms with Crippen LogP contribution in [0.3, 0.4) is 0 Å². The number of benzene rings is 3. The Morgan fingerprint density at radius 3 is 1.22 bits per heavy atom. The van der Waals surface area contributed by atoms with Crippen LogP contribution in [0, 0.1) is 17.8 Å². The highest BCUT2D eigenvalue weighted by molar-refractivity contribution is 6.03. The summed E-state index contributed by atoms with van der Waals surface area (Å²) in [5, 5.41) is 67.0. The number of aromatic hydroxyl groups is 6. The summed E-state index contributed by atoms with van der Waals surface area (Å²) in [5.74, 6) is -5.08. The zero-order valence-electron chi connectivity index (χ0n) is 29.1. The van der Waals surface area contributed by atoms with Crippen molar-refractivity contribution in [2.45, 2.75) is 45.4 Å². The Kier molecular flexibility index (Phi) is 13.1. The van der Waals surface area contributed by atoms with Gasteiger partial charge in [-0.2, -0.15) is 15.2 Å². The third kappa shape index (κ3) is 9.59. The van der Waals surface area contributed by atoms with Crippen LogP contribution in [0.25, 0.3) is 0 Å². The Bertz CT molecular complexity index is 1930. The Balaban J connectivity index is 0.000000181. The minimum Gasteiger partial charge on any atom is -0.508 e. The lowest BCUT2D eigenvalue weighted by Crippen LogP contribution is -2.31. The van der Waals surface area contributed by atoms with Gasteiger partial charge in [-0.1, -0.05) is 18.2 Å². The highest BCUT2D eigenvalue weighted by Gasteiger charge is 2.41. The molecule has 3 aliphatic heterocycles. The van der Waals surface area contributed by atoms with Crippen LogP contribution in [0.4, 0.5) is 0 Å². The number of hydrogen-bond acceptors (Lipinski definition) is 15. The van der Waals surface area contributed by atoms with E-state index in [1.54, 1.807) is 6.92 Å². The summed E-state index contributed by atoms with van der Waals surface area (Å²) in [6.45, 7) is 1.94. The molecular formula is C36H39N3O15. The van der Waals surface area contributed by atoms with Crippen LogP contribution in [-0.4, -0.2) is 100 Å². The first-order valence-electron chi connectivity index (χ1n) is 16.5. The molecular weight excluding hydrogens is 714 g/mol. The van der Waals surface area contributed by atoms with Crippen LogP contribution in [-0.2, 0) is 57.7 Å². The maximum Gasteiger partial charge on any atom is 0.257 e. The smallest absolute Gasteiger partial charge is 0.257 e. The molecule has 3 heterocycles. The molecule has 3 atom stereocenters. The molecule has 3 saturated heterocycles. The largest absolute Gasteiger partial charge is 0.508 e. The Labute approximate surface area is 307 Å². The van der Waals surface area contributed by atoms with Gasteiger partial charge in [-0.25, -0.2) is 0 Å². The van der Waals surface area contributed by atoms with Crippen molar-refractivity contribution in [3.8, 4) is 34.5 Å². The topological polar surface area (TPSA) is 272 Å². The van der Waals surface area contributed by atoms with Crippen molar-refractivity contribution >= 4 is 35.4 Å². The van der Waals surface area contributed by atoms with Crippen LogP contribution in [0.15, 0.2) is 54.6 Å². The molecule has 0 saturated carbocycles. The third-order valence-corrected chi connectivity index (χ3v) is 8.66. The predicted molar refractivity (Wildman–Crippen MR) is 181 cm³/mol. The van der Waals surface area contributed by atoms with Gasteiger partial charge in [0.15, 0.2) is 0 Å². The van der Waals surface area contributed by atoms with Crippen molar-refractivity contribution < 1.29 is 74.3 Å². The summed E-state index contributed by atoms with van der Waals surface area (Å²) in [7, 11) is 1.26. The summed E-state index contributed by atoms with van der Waals surface area (Å²) < 4.78 is 0. The fourth-order valence-corrected chi connectivity index (χ4v) is 5.93. The van der Waals surface area contributed by atoms with Gasteiger partial charge in [0.1, 0.15) is 34.5 Å². The van der Waals surface area contributed by atoms with Crippen molar-refractivity contribution in [1.82, 2.24) is 15.2 Å². The highest BCUT2D eigenvalue weighted by Crippen LogP contribution is 2.32. The zero-order chi connectivity index (χ0) is 39.9. The first-order valence-corrected chi connectivity index (χ1v) is 16.5. The van der Waals surface area contributed by atoms with E-state index in [4.69, 9.17) is 20.3 Å². The van der Waals surface area contributed by atoms with Crippen molar-refractivity contribution in [3.63, 3.8) is 0 Å². The van der Waals surface area contributed by atoms with E-state index in [-0.39, 0.29) is 102 Å². The molecule has 54 heavy (non-hydrogen) atoms. The van der Waals surface area contributed by atoms with Gasteiger partial charge < -0.3 is 30.6 Å². The summed E-state index contributed by atoms with van der Waals surface area (Å²) in [5.41, 5.74) is 1.48. The molecule has 0 bridgehead atoms. The number of carbonyl (C=O) groups is 6. The average molecular weight is 754 g/mol. The lowest BCUT2D eigenvalue weighted by molar-refractivity contribution is -0.187. The summed E-state index contributed by atoms with van der Waals surface area (Å²) >= 11 is 0. The second kappa shape index (κ2) is 17.5. The van der Waals surface area contributed by atoms with E-state index in [0.29, 0.717) is 16.7 Å². The molecule has 3 aromatic carbocycles. The molecule has 6 amide bonds. The first-order chi connectivity index (χ1) is 25.5.